The van der Waals surface area contributed by atoms with Gasteiger partial charge in [-0.25, -0.2) is 0 Å². The number of thiophene rings is 1. The van der Waals surface area contributed by atoms with Crippen LogP contribution in [0.5, 0.6) is 0 Å². The molecule has 1 aromatic rings. The van der Waals surface area contributed by atoms with E-state index in [1.165, 1.54) is 11.3 Å². The molecule has 0 fully saturated rings. The fourth-order valence-electron chi connectivity index (χ4n) is 1.11. The Balaban J connectivity index is 2.21. The Hall–Kier alpha value is -1.36. The van der Waals surface area contributed by atoms with Crippen molar-refractivity contribution in [1.29, 1.82) is 0 Å². The first kappa shape index (κ1) is 13.7. The van der Waals surface area contributed by atoms with Gasteiger partial charge in [0.2, 0.25) is 5.91 Å². The van der Waals surface area contributed by atoms with Crippen LogP contribution in [-0.4, -0.2) is 24.9 Å². The summed E-state index contributed by atoms with van der Waals surface area (Å²) in [6.07, 6.45) is 0. The molecule has 5 heteroatoms. The van der Waals surface area contributed by atoms with Gasteiger partial charge in [-0.3, -0.25) is 9.59 Å². The summed E-state index contributed by atoms with van der Waals surface area (Å²) in [4.78, 5) is 23.7. The largest absolute Gasteiger partial charge is 0.354 e. The zero-order valence-corrected chi connectivity index (χ0v) is 11.2. The topological polar surface area (TPSA) is 58.2 Å². The minimum absolute atomic E-state index is 0.0112. The summed E-state index contributed by atoms with van der Waals surface area (Å²) in [5.74, 6) is -0.104. The molecule has 1 aromatic heterocycles. The standard InChI is InChI=1S/C12H18N2O2S/c1-12(2,3)11(16)14-7-6-13-10(15)9-5-4-8-17-9/h4-5,8H,6-7H2,1-3H3,(H,13,15)(H,14,16). The Morgan fingerprint density at radius 3 is 2.41 bits per heavy atom. The molecule has 0 saturated heterocycles. The fourth-order valence-corrected chi connectivity index (χ4v) is 1.75. The predicted molar refractivity (Wildman–Crippen MR) is 69.1 cm³/mol. The van der Waals surface area contributed by atoms with E-state index in [0.29, 0.717) is 18.0 Å². The first-order chi connectivity index (χ1) is 7.91. The molecule has 0 aliphatic carbocycles. The van der Waals surface area contributed by atoms with Gasteiger partial charge in [0.1, 0.15) is 0 Å². The molecule has 0 spiro atoms. The van der Waals surface area contributed by atoms with Gasteiger partial charge in [-0.15, -0.1) is 11.3 Å². The van der Waals surface area contributed by atoms with Crippen LogP contribution in [0.25, 0.3) is 0 Å². The highest BCUT2D eigenvalue weighted by molar-refractivity contribution is 7.12. The summed E-state index contributed by atoms with van der Waals surface area (Å²) < 4.78 is 0. The monoisotopic (exact) mass is 254 g/mol. The van der Waals surface area contributed by atoms with Crippen molar-refractivity contribution < 1.29 is 9.59 Å². The van der Waals surface area contributed by atoms with Crippen molar-refractivity contribution in [3.63, 3.8) is 0 Å². The zero-order valence-electron chi connectivity index (χ0n) is 10.4. The van der Waals surface area contributed by atoms with Gasteiger partial charge in [0.25, 0.3) is 5.91 Å². The molecular formula is C12H18N2O2S. The molecule has 2 N–H and O–H groups in total. The van der Waals surface area contributed by atoms with Gasteiger partial charge in [0, 0.05) is 18.5 Å². The third-order valence-electron chi connectivity index (χ3n) is 2.12. The summed E-state index contributed by atoms with van der Waals surface area (Å²) >= 11 is 1.40. The average molecular weight is 254 g/mol. The molecule has 0 unspecified atom stereocenters. The fraction of sp³-hybridized carbons (Fsp3) is 0.500. The highest BCUT2D eigenvalue weighted by Crippen LogP contribution is 2.11. The summed E-state index contributed by atoms with van der Waals surface area (Å²) in [5.41, 5.74) is -0.391. The average Bonchev–Trinajstić information content (AvgIpc) is 2.75. The number of carbonyl (C=O) groups excluding carboxylic acids is 2. The van der Waals surface area contributed by atoms with Crippen molar-refractivity contribution in [2.75, 3.05) is 13.1 Å². The minimum atomic E-state index is -0.391. The van der Waals surface area contributed by atoms with E-state index in [1.807, 2.05) is 32.2 Å². The second-order valence-electron chi connectivity index (χ2n) is 4.74. The van der Waals surface area contributed by atoms with E-state index in [1.54, 1.807) is 6.07 Å². The van der Waals surface area contributed by atoms with Crippen LogP contribution in [0, 0.1) is 5.41 Å². The van der Waals surface area contributed by atoms with Crippen molar-refractivity contribution in [2.24, 2.45) is 5.41 Å². The van der Waals surface area contributed by atoms with Crippen molar-refractivity contribution in [2.45, 2.75) is 20.8 Å². The van der Waals surface area contributed by atoms with Crippen LogP contribution in [-0.2, 0) is 4.79 Å². The molecular weight excluding hydrogens is 236 g/mol. The molecule has 1 heterocycles. The minimum Gasteiger partial charge on any atom is -0.354 e. The molecule has 0 saturated carbocycles. The van der Waals surface area contributed by atoms with Crippen molar-refractivity contribution in [1.82, 2.24) is 10.6 Å². The smallest absolute Gasteiger partial charge is 0.261 e. The molecule has 0 aliphatic heterocycles. The summed E-state index contributed by atoms with van der Waals surface area (Å²) in [7, 11) is 0. The van der Waals surface area contributed by atoms with Crippen LogP contribution >= 0.6 is 11.3 Å². The summed E-state index contributed by atoms with van der Waals surface area (Å²) in [5, 5.41) is 7.38. The molecule has 0 aromatic carbocycles. The van der Waals surface area contributed by atoms with Gasteiger partial charge in [0.05, 0.1) is 4.88 Å². The van der Waals surface area contributed by atoms with E-state index in [4.69, 9.17) is 0 Å². The number of hydrogen-bond acceptors (Lipinski definition) is 3. The molecule has 1 rings (SSSR count). The van der Waals surface area contributed by atoms with E-state index < -0.39 is 5.41 Å². The van der Waals surface area contributed by atoms with Crippen LogP contribution in [0.15, 0.2) is 17.5 Å². The number of carbonyl (C=O) groups is 2. The second kappa shape index (κ2) is 5.82. The Labute approximate surface area is 105 Å². The quantitative estimate of drug-likeness (QED) is 0.803. The van der Waals surface area contributed by atoms with Gasteiger partial charge in [0.15, 0.2) is 0 Å². The first-order valence-corrected chi connectivity index (χ1v) is 6.39. The Kier molecular flexibility index (Phi) is 4.69. The molecule has 0 atom stereocenters. The van der Waals surface area contributed by atoms with E-state index in [0.717, 1.165) is 0 Å². The molecule has 0 radical (unpaired) electrons. The summed E-state index contributed by atoms with van der Waals surface area (Å²) in [6, 6.07) is 3.61. The lowest BCUT2D eigenvalue weighted by Crippen LogP contribution is -2.39. The second-order valence-corrected chi connectivity index (χ2v) is 5.69. The Morgan fingerprint density at radius 2 is 1.88 bits per heavy atom. The van der Waals surface area contributed by atoms with Crippen LogP contribution in [0.4, 0.5) is 0 Å². The van der Waals surface area contributed by atoms with E-state index in [2.05, 4.69) is 10.6 Å². The highest BCUT2D eigenvalue weighted by Gasteiger charge is 2.20. The summed E-state index contributed by atoms with van der Waals surface area (Å²) in [6.45, 7) is 6.46. The number of hydrogen-bond donors (Lipinski definition) is 2. The molecule has 4 nitrogen and oxygen atoms in total. The van der Waals surface area contributed by atoms with Gasteiger partial charge in [-0.05, 0) is 11.4 Å². The van der Waals surface area contributed by atoms with Crippen LogP contribution in [0.1, 0.15) is 30.4 Å². The highest BCUT2D eigenvalue weighted by atomic mass is 32.1. The van der Waals surface area contributed by atoms with Crippen LogP contribution in [0.2, 0.25) is 0 Å². The van der Waals surface area contributed by atoms with Gasteiger partial charge < -0.3 is 10.6 Å². The lowest BCUT2D eigenvalue weighted by atomic mass is 9.96. The lowest BCUT2D eigenvalue weighted by molar-refractivity contribution is -0.128. The normalized spacial score (nSPS) is 11.0. The van der Waals surface area contributed by atoms with Crippen molar-refractivity contribution in [3.05, 3.63) is 22.4 Å². The molecule has 0 bridgehead atoms. The Morgan fingerprint density at radius 1 is 1.24 bits per heavy atom. The number of amides is 2. The maximum atomic E-state index is 11.5. The lowest BCUT2D eigenvalue weighted by Gasteiger charge is -2.17. The van der Waals surface area contributed by atoms with Crippen LogP contribution < -0.4 is 10.6 Å². The third kappa shape index (κ3) is 4.56. The number of nitrogens with one attached hydrogen (secondary N) is 2. The van der Waals surface area contributed by atoms with Crippen molar-refractivity contribution >= 4 is 23.2 Å². The third-order valence-corrected chi connectivity index (χ3v) is 2.99. The Bertz CT molecular complexity index is 380. The maximum Gasteiger partial charge on any atom is 0.261 e. The van der Waals surface area contributed by atoms with E-state index in [9.17, 15) is 9.59 Å². The molecule has 94 valence electrons. The van der Waals surface area contributed by atoms with Gasteiger partial charge >= 0.3 is 0 Å². The van der Waals surface area contributed by atoms with Gasteiger partial charge in [-0.2, -0.15) is 0 Å². The van der Waals surface area contributed by atoms with E-state index in [-0.39, 0.29) is 11.8 Å². The maximum absolute atomic E-state index is 11.5. The van der Waals surface area contributed by atoms with Crippen LogP contribution in [0.3, 0.4) is 0 Å². The van der Waals surface area contributed by atoms with Crippen molar-refractivity contribution in [3.8, 4) is 0 Å². The SMILES string of the molecule is CC(C)(C)C(=O)NCCNC(=O)c1cccs1. The zero-order chi connectivity index (χ0) is 12.9. The number of rotatable bonds is 4. The van der Waals surface area contributed by atoms with E-state index >= 15 is 0 Å². The molecule has 2 amide bonds. The first-order valence-electron chi connectivity index (χ1n) is 5.51. The molecule has 17 heavy (non-hydrogen) atoms. The molecule has 0 aliphatic rings. The predicted octanol–water partition coefficient (Wildman–Crippen LogP) is 1.64. The van der Waals surface area contributed by atoms with Gasteiger partial charge in [-0.1, -0.05) is 26.8 Å².